The molecule has 0 aliphatic heterocycles. The second-order valence-corrected chi connectivity index (χ2v) is 10.6. The van der Waals surface area contributed by atoms with E-state index in [1.54, 1.807) is 30.0 Å². The maximum Gasteiger partial charge on any atom is 0.416 e. The highest BCUT2D eigenvalue weighted by Gasteiger charge is 2.30. The van der Waals surface area contributed by atoms with E-state index in [9.17, 15) is 21.6 Å². The van der Waals surface area contributed by atoms with Crippen molar-refractivity contribution in [3.05, 3.63) is 78.8 Å². The summed E-state index contributed by atoms with van der Waals surface area (Å²) < 4.78 is 76.0. The number of hydrogen-bond acceptors (Lipinski definition) is 8. The second kappa shape index (κ2) is 10.4. The summed E-state index contributed by atoms with van der Waals surface area (Å²) in [4.78, 5) is 13.2. The minimum atomic E-state index is -4.53. The number of halogens is 3. The Morgan fingerprint density at radius 1 is 1.08 bits per heavy atom. The number of aromatic nitrogens is 4. The molecule has 0 aliphatic rings. The summed E-state index contributed by atoms with van der Waals surface area (Å²) >= 11 is 0. The van der Waals surface area contributed by atoms with Crippen LogP contribution in [-0.2, 0) is 16.0 Å². The zero-order valence-corrected chi connectivity index (χ0v) is 21.3. The van der Waals surface area contributed by atoms with Crippen molar-refractivity contribution >= 4 is 21.6 Å². The predicted molar refractivity (Wildman–Crippen MR) is 137 cm³/mol. The molecule has 0 spiro atoms. The van der Waals surface area contributed by atoms with Crippen LogP contribution < -0.4 is 10.1 Å². The zero-order valence-electron chi connectivity index (χ0n) is 20.5. The van der Waals surface area contributed by atoms with Gasteiger partial charge in [0.25, 0.3) is 0 Å². The summed E-state index contributed by atoms with van der Waals surface area (Å²) in [5.74, 6) is 1.06. The summed E-state index contributed by atoms with van der Waals surface area (Å²) in [7, 11) is -2.18. The minimum absolute atomic E-state index is 0.163. The number of methoxy groups -OCH3 is 1. The molecule has 0 saturated heterocycles. The van der Waals surface area contributed by atoms with Crippen molar-refractivity contribution in [1.82, 2.24) is 19.4 Å². The van der Waals surface area contributed by atoms with Gasteiger partial charge < -0.3 is 14.5 Å². The molecule has 202 valence electrons. The number of hydrogen-bond donors (Lipinski definition) is 1. The SMILES string of the molecule is COc1cccc(-c2nc3occn3c2-c2ccnc(NCCCS(=O)(=O)c3ccc(C(F)(F)F)cc3)n2)c1. The number of nitrogens with zero attached hydrogens (tertiary/aromatic N) is 4. The molecule has 3 heterocycles. The van der Waals surface area contributed by atoms with E-state index >= 15 is 0 Å². The largest absolute Gasteiger partial charge is 0.497 e. The number of alkyl halides is 3. The number of nitrogens with one attached hydrogen (secondary N) is 1. The van der Waals surface area contributed by atoms with Crippen LogP contribution in [0.15, 0.2) is 82.6 Å². The Hall–Kier alpha value is -4.39. The van der Waals surface area contributed by atoms with Crippen molar-refractivity contribution < 1.29 is 30.7 Å². The Balaban J connectivity index is 1.30. The first-order valence-corrected chi connectivity index (χ1v) is 13.4. The van der Waals surface area contributed by atoms with Crippen molar-refractivity contribution in [3.8, 4) is 28.4 Å². The Morgan fingerprint density at radius 3 is 2.62 bits per heavy atom. The molecule has 0 saturated carbocycles. The van der Waals surface area contributed by atoms with Crippen molar-refractivity contribution in [2.24, 2.45) is 0 Å². The quantitative estimate of drug-likeness (QED) is 0.241. The van der Waals surface area contributed by atoms with Crippen LogP contribution in [0.2, 0.25) is 0 Å². The lowest BCUT2D eigenvalue weighted by Gasteiger charge is -2.10. The summed E-state index contributed by atoms with van der Waals surface area (Å²) in [5, 5.41) is 3.01. The van der Waals surface area contributed by atoms with Gasteiger partial charge in [-0.2, -0.15) is 18.2 Å². The molecular weight excluding hydrogens is 535 g/mol. The molecule has 3 aromatic heterocycles. The predicted octanol–water partition coefficient (Wildman–Crippen LogP) is 5.35. The second-order valence-electron chi connectivity index (χ2n) is 8.48. The number of sulfone groups is 1. The topological polar surface area (TPSA) is 112 Å². The van der Waals surface area contributed by atoms with E-state index in [1.165, 1.54) is 6.26 Å². The molecule has 5 rings (SSSR count). The van der Waals surface area contributed by atoms with Gasteiger partial charge in [-0.15, -0.1) is 0 Å². The number of oxazole rings is 1. The molecule has 0 fully saturated rings. The molecule has 5 aromatic rings. The van der Waals surface area contributed by atoms with Gasteiger partial charge in [-0.1, -0.05) is 12.1 Å². The molecule has 9 nitrogen and oxygen atoms in total. The third-order valence-corrected chi connectivity index (χ3v) is 7.73. The molecule has 13 heteroatoms. The van der Waals surface area contributed by atoms with Crippen LogP contribution in [-0.4, -0.2) is 47.2 Å². The Kier molecular flexibility index (Phi) is 7.00. The van der Waals surface area contributed by atoms with E-state index in [4.69, 9.17) is 9.15 Å². The van der Waals surface area contributed by atoms with E-state index in [2.05, 4.69) is 20.3 Å². The van der Waals surface area contributed by atoms with E-state index in [-0.39, 0.29) is 29.6 Å². The van der Waals surface area contributed by atoms with E-state index < -0.39 is 21.6 Å². The van der Waals surface area contributed by atoms with Crippen LogP contribution in [0.25, 0.3) is 28.5 Å². The summed E-state index contributed by atoms with van der Waals surface area (Å²) in [5.41, 5.74) is 1.74. The first-order valence-electron chi connectivity index (χ1n) is 11.7. The number of ether oxygens (including phenoxy) is 1. The normalized spacial score (nSPS) is 12.1. The van der Waals surface area contributed by atoms with Crippen LogP contribution in [0.3, 0.4) is 0 Å². The first kappa shape index (κ1) is 26.2. The van der Waals surface area contributed by atoms with E-state index in [0.29, 0.717) is 28.7 Å². The van der Waals surface area contributed by atoms with Gasteiger partial charge in [-0.3, -0.25) is 4.40 Å². The van der Waals surface area contributed by atoms with Crippen LogP contribution in [0.5, 0.6) is 5.75 Å². The molecule has 0 radical (unpaired) electrons. The fourth-order valence-electron chi connectivity index (χ4n) is 4.01. The maximum atomic E-state index is 12.8. The highest BCUT2D eigenvalue weighted by molar-refractivity contribution is 7.91. The lowest BCUT2D eigenvalue weighted by Crippen LogP contribution is -2.13. The average Bonchev–Trinajstić information content (AvgIpc) is 3.53. The lowest BCUT2D eigenvalue weighted by molar-refractivity contribution is -0.137. The monoisotopic (exact) mass is 557 g/mol. The van der Waals surface area contributed by atoms with Crippen molar-refractivity contribution in [2.45, 2.75) is 17.5 Å². The van der Waals surface area contributed by atoms with Gasteiger partial charge in [-0.25, -0.2) is 18.4 Å². The molecular formula is C26H22F3N5O4S. The molecule has 39 heavy (non-hydrogen) atoms. The van der Waals surface area contributed by atoms with E-state index in [0.717, 1.165) is 29.8 Å². The van der Waals surface area contributed by atoms with Gasteiger partial charge in [0, 0.05) is 24.5 Å². The van der Waals surface area contributed by atoms with Crippen LogP contribution in [0.1, 0.15) is 12.0 Å². The van der Waals surface area contributed by atoms with Crippen molar-refractivity contribution in [3.63, 3.8) is 0 Å². The Bertz CT molecular complexity index is 1710. The van der Waals surface area contributed by atoms with Crippen molar-refractivity contribution in [2.75, 3.05) is 24.7 Å². The Morgan fingerprint density at radius 2 is 1.87 bits per heavy atom. The minimum Gasteiger partial charge on any atom is -0.497 e. The molecule has 0 aliphatic carbocycles. The van der Waals surface area contributed by atoms with Gasteiger partial charge in [0.15, 0.2) is 9.84 Å². The lowest BCUT2D eigenvalue weighted by atomic mass is 10.1. The number of anilines is 1. The van der Waals surface area contributed by atoms with Crippen molar-refractivity contribution in [1.29, 1.82) is 0 Å². The van der Waals surface area contributed by atoms with Gasteiger partial charge in [0.1, 0.15) is 23.4 Å². The number of rotatable bonds is 9. The fraction of sp³-hybridized carbons (Fsp3) is 0.192. The van der Waals surface area contributed by atoms with E-state index in [1.807, 2.05) is 24.3 Å². The Labute approximate surface area is 221 Å². The van der Waals surface area contributed by atoms with Gasteiger partial charge in [0.2, 0.25) is 5.95 Å². The van der Waals surface area contributed by atoms with Gasteiger partial charge in [-0.05, 0) is 48.9 Å². The summed E-state index contributed by atoms with van der Waals surface area (Å²) in [6, 6.07) is 12.6. The average molecular weight is 558 g/mol. The molecule has 0 atom stereocenters. The zero-order chi connectivity index (χ0) is 27.6. The highest BCUT2D eigenvalue weighted by atomic mass is 32.2. The summed E-state index contributed by atoms with van der Waals surface area (Å²) in [6.45, 7) is 0.222. The molecule has 0 amide bonds. The molecule has 2 aromatic carbocycles. The number of fused-ring (bicyclic) bond motifs is 1. The van der Waals surface area contributed by atoms with Gasteiger partial charge in [0.05, 0.1) is 29.0 Å². The highest BCUT2D eigenvalue weighted by Crippen LogP contribution is 2.34. The third-order valence-electron chi connectivity index (χ3n) is 5.92. The fourth-order valence-corrected chi connectivity index (χ4v) is 5.32. The molecule has 0 bridgehead atoms. The van der Waals surface area contributed by atoms with Crippen LogP contribution in [0.4, 0.5) is 19.1 Å². The van der Waals surface area contributed by atoms with Crippen LogP contribution >= 0.6 is 0 Å². The number of imidazole rings is 1. The maximum absolute atomic E-state index is 12.8. The third kappa shape index (κ3) is 5.58. The first-order chi connectivity index (χ1) is 18.7. The molecule has 0 unspecified atom stereocenters. The summed E-state index contributed by atoms with van der Waals surface area (Å²) in [6.07, 6.45) is 0.459. The smallest absolute Gasteiger partial charge is 0.416 e. The van der Waals surface area contributed by atoms with Crippen LogP contribution in [0, 0.1) is 0 Å². The number of benzene rings is 2. The standard InChI is InChI=1S/C26H22F3N5O4S/c1-37-19-5-2-4-17(16-19)22-23(34-13-14-38-25(34)33-22)21-10-12-31-24(32-21)30-11-3-15-39(35,36)20-8-6-18(7-9-20)26(27,28)29/h2,4-10,12-14,16H,3,11,15H2,1H3,(H,30,31,32). The van der Waals surface area contributed by atoms with Gasteiger partial charge >= 0.3 is 12.0 Å². The molecule has 1 N–H and O–H groups in total.